The summed E-state index contributed by atoms with van der Waals surface area (Å²) < 4.78 is 0. The van der Waals surface area contributed by atoms with Crippen LogP contribution in [0, 0.1) is 5.92 Å². The van der Waals surface area contributed by atoms with Crippen molar-refractivity contribution in [2.75, 3.05) is 18.9 Å². The fraction of sp³-hybridized carbons (Fsp3) is 0.385. The van der Waals surface area contributed by atoms with E-state index < -0.39 is 5.97 Å². The zero-order valence-electron chi connectivity index (χ0n) is 10.5. The fourth-order valence-electron chi connectivity index (χ4n) is 1.78. The third-order valence-electron chi connectivity index (χ3n) is 3.03. The van der Waals surface area contributed by atoms with Gasteiger partial charge in [0.2, 0.25) is 0 Å². The summed E-state index contributed by atoms with van der Waals surface area (Å²) in [4.78, 5) is 24.6. The molecule has 0 saturated heterocycles. The molecular weight excluding hydrogens is 268 g/mol. The summed E-state index contributed by atoms with van der Waals surface area (Å²) >= 11 is 5.75. The molecule has 1 fully saturated rings. The summed E-state index contributed by atoms with van der Waals surface area (Å²) in [6.07, 6.45) is 2.30. The highest BCUT2D eigenvalue weighted by atomic mass is 35.5. The SMILES string of the molecule is CN(CC1CC1)C(=O)Nc1ccc(Cl)cc1C(=O)O. The minimum absolute atomic E-state index is 0.0133. The molecule has 0 radical (unpaired) electrons. The summed E-state index contributed by atoms with van der Waals surface area (Å²) in [5.74, 6) is -0.539. The smallest absolute Gasteiger partial charge is 0.337 e. The zero-order valence-corrected chi connectivity index (χ0v) is 11.3. The van der Waals surface area contributed by atoms with Crippen LogP contribution in [-0.4, -0.2) is 35.6 Å². The number of urea groups is 1. The second-order valence-corrected chi connectivity index (χ2v) is 5.19. The van der Waals surface area contributed by atoms with Gasteiger partial charge in [-0.05, 0) is 37.0 Å². The van der Waals surface area contributed by atoms with Crippen LogP contribution in [0.2, 0.25) is 5.02 Å². The molecule has 5 nitrogen and oxygen atoms in total. The lowest BCUT2D eigenvalue weighted by Gasteiger charge is -2.18. The largest absolute Gasteiger partial charge is 0.478 e. The lowest BCUT2D eigenvalue weighted by atomic mass is 10.2. The first-order valence-electron chi connectivity index (χ1n) is 6.02. The summed E-state index contributed by atoms with van der Waals surface area (Å²) in [6, 6.07) is 4.05. The lowest BCUT2D eigenvalue weighted by molar-refractivity contribution is 0.0698. The number of anilines is 1. The summed E-state index contributed by atoms with van der Waals surface area (Å²) in [5.41, 5.74) is 0.241. The number of rotatable bonds is 4. The number of hydrogen-bond donors (Lipinski definition) is 2. The second-order valence-electron chi connectivity index (χ2n) is 4.75. The molecule has 1 aliphatic rings. The van der Waals surface area contributed by atoms with Gasteiger partial charge in [0, 0.05) is 18.6 Å². The quantitative estimate of drug-likeness (QED) is 0.892. The number of amides is 2. The van der Waals surface area contributed by atoms with Gasteiger partial charge in [0.1, 0.15) is 0 Å². The zero-order chi connectivity index (χ0) is 14.0. The Morgan fingerprint density at radius 3 is 2.74 bits per heavy atom. The van der Waals surface area contributed by atoms with Crippen LogP contribution in [0.1, 0.15) is 23.2 Å². The number of carboxylic acid groups (broad SMARTS) is 1. The monoisotopic (exact) mass is 282 g/mol. The van der Waals surface area contributed by atoms with Crippen LogP contribution in [0.5, 0.6) is 0 Å². The minimum atomic E-state index is -1.12. The molecule has 2 amide bonds. The summed E-state index contributed by atoms with van der Waals surface area (Å²) in [6.45, 7) is 0.696. The average molecular weight is 283 g/mol. The first-order chi connectivity index (χ1) is 8.97. The molecule has 0 atom stereocenters. The maximum absolute atomic E-state index is 11.9. The van der Waals surface area contributed by atoms with E-state index in [9.17, 15) is 9.59 Å². The third kappa shape index (κ3) is 3.61. The van der Waals surface area contributed by atoms with Gasteiger partial charge in [-0.15, -0.1) is 0 Å². The van der Waals surface area contributed by atoms with Gasteiger partial charge in [0.15, 0.2) is 0 Å². The van der Waals surface area contributed by atoms with Gasteiger partial charge in [-0.1, -0.05) is 11.6 Å². The lowest BCUT2D eigenvalue weighted by Crippen LogP contribution is -2.33. The Labute approximate surface area is 116 Å². The fourth-order valence-corrected chi connectivity index (χ4v) is 1.96. The van der Waals surface area contributed by atoms with E-state index in [1.807, 2.05) is 0 Å². The molecule has 0 bridgehead atoms. The van der Waals surface area contributed by atoms with Gasteiger partial charge in [-0.2, -0.15) is 0 Å². The van der Waals surface area contributed by atoms with Gasteiger partial charge >= 0.3 is 12.0 Å². The van der Waals surface area contributed by atoms with Crippen LogP contribution in [-0.2, 0) is 0 Å². The van der Waals surface area contributed by atoms with E-state index in [2.05, 4.69) is 5.32 Å². The van der Waals surface area contributed by atoms with Crippen LogP contribution in [0.25, 0.3) is 0 Å². The Balaban J connectivity index is 2.08. The molecule has 1 aromatic rings. The van der Waals surface area contributed by atoms with E-state index in [4.69, 9.17) is 16.7 Å². The first kappa shape index (κ1) is 13.7. The van der Waals surface area contributed by atoms with E-state index in [1.165, 1.54) is 12.1 Å². The van der Waals surface area contributed by atoms with Crippen molar-refractivity contribution in [1.82, 2.24) is 4.90 Å². The Hall–Kier alpha value is -1.75. The van der Waals surface area contributed by atoms with Gasteiger partial charge in [-0.3, -0.25) is 0 Å². The van der Waals surface area contributed by atoms with Gasteiger partial charge in [-0.25, -0.2) is 9.59 Å². The van der Waals surface area contributed by atoms with Crippen LogP contribution in [0.3, 0.4) is 0 Å². The van der Waals surface area contributed by atoms with E-state index in [-0.39, 0.29) is 17.3 Å². The molecule has 102 valence electrons. The van der Waals surface area contributed by atoms with E-state index >= 15 is 0 Å². The molecular formula is C13H15ClN2O3. The van der Waals surface area contributed by atoms with Crippen molar-refractivity contribution in [1.29, 1.82) is 0 Å². The van der Waals surface area contributed by atoms with Crippen molar-refractivity contribution in [3.05, 3.63) is 28.8 Å². The molecule has 0 aliphatic heterocycles. The Morgan fingerprint density at radius 2 is 2.16 bits per heavy atom. The minimum Gasteiger partial charge on any atom is -0.478 e. The number of carbonyl (C=O) groups is 2. The van der Waals surface area contributed by atoms with Crippen LogP contribution >= 0.6 is 11.6 Å². The van der Waals surface area contributed by atoms with E-state index in [1.54, 1.807) is 18.0 Å². The second kappa shape index (κ2) is 5.48. The number of carboxylic acids is 1. The van der Waals surface area contributed by atoms with E-state index in [0.717, 1.165) is 12.8 Å². The third-order valence-corrected chi connectivity index (χ3v) is 3.26. The van der Waals surface area contributed by atoms with Gasteiger partial charge < -0.3 is 15.3 Å². The van der Waals surface area contributed by atoms with Crippen molar-refractivity contribution in [2.24, 2.45) is 5.92 Å². The van der Waals surface area contributed by atoms with Crippen LogP contribution < -0.4 is 5.32 Å². The molecule has 0 heterocycles. The Morgan fingerprint density at radius 1 is 1.47 bits per heavy atom. The highest BCUT2D eigenvalue weighted by molar-refractivity contribution is 6.31. The molecule has 2 rings (SSSR count). The van der Waals surface area contributed by atoms with E-state index in [0.29, 0.717) is 17.5 Å². The number of aromatic carboxylic acids is 1. The molecule has 0 unspecified atom stereocenters. The summed E-state index contributed by atoms with van der Waals surface area (Å²) in [7, 11) is 1.70. The standard InChI is InChI=1S/C13H15ClN2O3/c1-16(7-8-2-3-8)13(19)15-11-5-4-9(14)6-10(11)12(17)18/h4-6,8H,2-3,7H2,1H3,(H,15,19)(H,17,18). The van der Waals surface area contributed by atoms with Crippen molar-refractivity contribution in [2.45, 2.75) is 12.8 Å². The number of halogens is 1. The maximum Gasteiger partial charge on any atom is 0.337 e. The first-order valence-corrected chi connectivity index (χ1v) is 6.40. The number of nitrogens with one attached hydrogen (secondary N) is 1. The highest BCUT2D eigenvalue weighted by Gasteiger charge is 2.25. The number of carbonyl (C=O) groups excluding carboxylic acids is 1. The normalized spacial score (nSPS) is 14.0. The van der Waals surface area contributed by atoms with Crippen molar-refractivity contribution in [3.8, 4) is 0 Å². The molecule has 1 aromatic carbocycles. The van der Waals surface area contributed by atoms with Crippen molar-refractivity contribution in [3.63, 3.8) is 0 Å². The number of hydrogen-bond acceptors (Lipinski definition) is 2. The molecule has 0 aromatic heterocycles. The van der Waals surface area contributed by atoms with Crippen molar-refractivity contribution >= 4 is 29.3 Å². The molecule has 0 spiro atoms. The molecule has 1 saturated carbocycles. The Kier molecular flexibility index (Phi) is 3.95. The number of benzene rings is 1. The maximum atomic E-state index is 11.9. The van der Waals surface area contributed by atoms with Gasteiger partial charge in [0.05, 0.1) is 11.3 Å². The Bertz CT molecular complexity index is 515. The molecule has 6 heteroatoms. The topological polar surface area (TPSA) is 69.6 Å². The number of nitrogens with zero attached hydrogens (tertiary/aromatic N) is 1. The van der Waals surface area contributed by atoms with Crippen molar-refractivity contribution < 1.29 is 14.7 Å². The molecule has 1 aliphatic carbocycles. The van der Waals surface area contributed by atoms with Gasteiger partial charge in [0.25, 0.3) is 0 Å². The predicted molar refractivity (Wildman–Crippen MR) is 72.8 cm³/mol. The average Bonchev–Trinajstić information content (AvgIpc) is 3.14. The molecule has 2 N–H and O–H groups in total. The molecule has 19 heavy (non-hydrogen) atoms. The summed E-state index contributed by atoms with van der Waals surface area (Å²) in [5, 5.41) is 12.0. The predicted octanol–water partition coefficient (Wildman–Crippen LogP) is 2.91. The van der Waals surface area contributed by atoms with Crippen LogP contribution in [0.15, 0.2) is 18.2 Å². The highest BCUT2D eigenvalue weighted by Crippen LogP contribution is 2.29. The van der Waals surface area contributed by atoms with Crippen LogP contribution in [0.4, 0.5) is 10.5 Å².